The lowest BCUT2D eigenvalue weighted by Crippen LogP contribution is -2.47. The number of hydrogen-bond donors (Lipinski definition) is 0. The summed E-state index contributed by atoms with van der Waals surface area (Å²) in [5.41, 5.74) is 1.39. The molecule has 4 aliphatic rings. The topological polar surface area (TPSA) is 43.4 Å². The SMILES string of the molecule is CC(=O)O[C@@H]1CC[C@@H]2[C@@H]3C=CC4=CC(=O)CC[C@H]4[C@H]3CC[C@@]21C. The van der Waals surface area contributed by atoms with Crippen LogP contribution in [0.1, 0.15) is 52.4 Å². The van der Waals surface area contributed by atoms with Gasteiger partial charge in [0.15, 0.2) is 5.78 Å². The predicted molar refractivity (Wildman–Crippen MR) is 87.6 cm³/mol. The van der Waals surface area contributed by atoms with Crippen LogP contribution < -0.4 is 0 Å². The summed E-state index contributed by atoms with van der Waals surface area (Å²) in [4.78, 5) is 23.1. The van der Waals surface area contributed by atoms with E-state index >= 15 is 0 Å². The highest BCUT2D eigenvalue weighted by Crippen LogP contribution is 2.60. The number of allylic oxidation sites excluding steroid dienone is 4. The van der Waals surface area contributed by atoms with Crippen molar-refractivity contribution in [3.8, 4) is 0 Å². The fourth-order valence-electron chi connectivity index (χ4n) is 6.00. The molecule has 0 aromatic rings. The summed E-state index contributed by atoms with van der Waals surface area (Å²) >= 11 is 0. The Hall–Kier alpha value is -1.38. The van der Waals surface area contributed by atoms with Crippen LogP contribution in [0.5, 0.6) is 0 Å². The molecule has 3 nitrogen and oxygen atoms in total. The van der Waals surface area contributed by atoms with E-state index in [9.17, 15) is 9.59 Å². The van der Waals surface area contributed by atoms with Crippen LogP contribution in [0.2, 0.25) is 0 Å². The maximum atomic E-state index is 11.7. The molecule has 4 rings (SSSR count). The Balaban J connectivity index is 1.62. The number of carbonyl (C=O) groups is 2. The van der Waals surface area contributed by atoms with Crippen LogP contribution >= 0.6 is 0 Å². The predicted octanol–water partition coefficient (Wildman–Crippen LogP) is 3.84. The zero-order valence-corrected chi connectivity index (χ0v) is 14.1. The van der Waals surface area contributed by atoms with Gasteiger partial charge in [0.1, 0.15) is 6.10 Å². The Morgan fingerprint density at radius 3 is 2.87 bits per heavy atom. The third-order valence-corrected chi connectivity index (χ3v) is 7.09. The molecule has 2 saturated carbocycles. The minimum absolute atomic E-state index is 0.0872. The molecule has 0 N–H and O–H groups in total. The number of carbonyl (C=O) groups excluding carboxylic acids is 2. The number of ether oxygens (including phenoxy) is 1. The van der Waals surface area contributed by atoms with Gasteiger partial charge in [-0.15, -0.1) is 0 Å². The molecule has 23 heavy (non-hydrogen) atoms. The number of ketones is 1. The Morgan fingerprint density at radius 1 is 1.26 bits per heavy atom. The minimum atomic E-state index is -0.144. The van der Waals surface area contributed by atoms with Gasteiger partial charge < -0.3 is 4.74 Å². The summed E-state index contributed by atoms with van der Waals surface area (Å²) in [6.07, 6.45) is 12.8. The summed E-state index contributed by atoms with van der Waals surface area (Å²) in [5, 5.41) is 0. The molecule has 0 radical (unpaired) electrons. The summed E-state index contributed by atoms with van der Waals surface area (Å²) in [6.45, 7) is 3.86. The van der Waals surface area contributed by atoms with E-state index in [0.29, 0.717) is 30.1 Å². The summed E-state index contributed by atoms with van der Waals surface area (Å²) in [7, 11) is 0. The van der Waals surface area contributed by atoms with Gasteiger partial charge in [-0.05, 0) is 67.4 Å². The van der Waals surface area contributed by atoms with Gasteiger partial charge in [-0.2, -0.15) is 0 Å². The van der Waals surface area contributed by atoms with E-state index in [0.717, 1.165) is 25.7 Å². The van der Waals surface area contributed by atoms with Crippen molar-refractivity contribution < 1.29 is 14.3 Å². The van der Waals surface area contributed by atoms with Gasteiger partial charge in [-0.3, -0.25) is 9.59 Å². The molecule has 0 unspecified atom stereocenters. The van der Waals surface area contributed by atoms with Crippen molar-refractivity contribution >= 4 is 11.8 Å². The maximum absolute atomic E-state index is 11.7. The van der Waals surface area contributed by atoms with E-state index < -0.39 is 0 Å². The Kier molecular flexibility index (Phi) is 3.51. The fourth-order valence-corrected chi connectivity index (χ4v) is 6.00. The maximum Gasteiger partial charge on any atom is 0.302 e. The van der Waals surface area contributed by atoms with Crippen molar-refractivity contribution in [3.05, 3.63) is 23.8 Å². The lowest BCUT2D eigenvalue weighted by molar-refractivity contribution is -0.155. The van der Waals surface area contributed by atoms with Gasteiger partial charge in [-0.1, -0.05) is 19.1 Å². The summed E-state index contributed by atoms with van der Waals surface area (Å²) in [6, 6.07) is 0. The molecule has 124 valence electrons. The number of esters is 1. The molecule has 3 heteroatoms. The van der Waals surface area contributed by atoms with Crippen LogP contribution in [0.3, 0.4) is 0 Å². The number of fused-ring (bicyclic) bond motifs is 5. The van der Waals surface area contributed by atoms with E-state index in [1.165, 1.54) is 18.9 Å². The molecule has 2 fully saturated rings. The van der Waals surface area contributed by atoms with Gasteiger partial charge in [-0.25, -0.2) is 0 Å². The molecular formula is C20H26O3. The summed E-state index contributed by atoms with van der Waals surface area (Å²) in [5.74, 6) is 2.59. The quantitative estimate of drug-likeness (QED) is 0.691. The lowest BCUT2D eigenvalue weighted by Gasteiger charge is -2.51. The van der Waals surface area contributed by atoms with Crippen LogP contribution in [0.25, 0.3) is 0 Å². The third kappa shape index (κ3) is 2.31. The monoisotopic (exact) mass is 314 g/mol. The second-order valence-electron chi connectivity index (χ2n) is 8.18. The van der Waals surface area contributed by atoms with Crippen LogP contribution in [-0.2, 0) is 14.3 Å². The lowest BCUT2D eigenvalue weighted by atomic mass is 9.54. The van der Waals surface area contributed by atoms with Crippen LogP contribution in [0.4, 0.5) is 0 Å². The average Bonchev–Trinajstić information content (AvgIpc) is 2.83. The molecule has 0 heterocycles. The van der Waals surface area contributed by atoms with Crippen LogP contribution in [0.15, 0.2) is 23.8 Å². The average molecular weight is 314 g/mol. The van der Waals surface area contributed by atoms with Gasteiger partial charge in [0.05, 0.1) is 0 Å². The Bertz CT molecular complexity index is 602. The van der Waals surface area contributed by atoms with Crippen molar-refractivity contribution in [1.29, 1.82) is 0 Å². The molecule has 0 aromatic heterocycles. The van der Waals surface area contributed by atoms with Crippen LogP contribution in [0, 0.1) is 29.1 Å². The van der Waals surface area contributed by atoms with Gasteiger partial charge in [0.2, 0.25) is 0 Å². The van der Waals surface area contributed by atoms with Crippen molar-refractivity contribution in [2.45, 2.75) is 58.5 Å². The molecule has 0 spiro atoms. The van der Waals surface area contributed by atoms with Crippen molar-refractivity contribution in [2.75, 3.05) is 0 Å². The summed E-state index contributed by atoms with van der Waals surface area (Å²) < 4.78 is 5.67. The Morgan fingerprint density at radius 2 is 2.09 bits per heavy atom. The van der Waals surface area contributed by atoms with E-state index in [1.807, 2.05) is 6.08 Å². The van der Waals surface area contributed by atoms with Crippen molar-refractivity contribution in [2.24, 2.45) is 29.1 Å². The highest BCUT2D eigenvalue weighted by atomic mass is 16.5. The molecule has 0 aromatic carbocycles. The second-order valence-corrected chi connectivity index (χ2v) is 8.18. The standard InChI is InChI=1S/C20H26O3/c1-12(21)23-19-8-7-18-17-5-3-13-11-14(22)4-6-15(13)16(17)9-10-20(18,19)2/h3,5,11,15-19H,4,6-10H2,1-2H3/t15-,16-,17-,18-,19-,20+/m1/s1. The highest BCUT2D eigenvalue weighted by molar-refractivity contribution is 5.91. The van der Waals surface area contributed by atoms with E-state index in [-0.39, 0.29) is 23.3 Å². The fraction of sp³-hybridized carbons (Fsp3) is 0.700. The molecular weight excluding hydrogens is 288 g/mol. The molecule has 6 atom stereocenters. The largest absolute Gasteiger partial charge is 0.462 e. The molecule has 0 saturated heterocycles. The van der Waals surface area contributed by atoms with Gasteiger partial charge in [0.25, 0.3) is 0 Å². The number of rotatable bonds is 1. The van der Waals surface area contributed by atoms with Crippen molar-refractivity contribution in [1.82, 2.24) is 0 Å². The first kappa shape index (κ1) is 15.2. The van der Waals surface area contributed by atoms with E-state index in [4.69, 9.17) is 4.74 Å². The molecule has 0 bridgehead atoms. The smallest absolute Gasteiger partial charge is 0.302 e. The Labute approximate surface area is 138 Å². The van der Waals surface area contributed by atoms with E-state index in [1.54, 1.807) is 0 Å². The minimum Gasteiger partial charge on any atom is -0.462 e. The first-order chi connectivity index (χ1) is 11.0. The molecule has 0 aliphatic heterocycles. The van der Waals surface area contributed by atoms with E-state index in [2.05, 4.69) is 19.1 Å². The highest BCUT2D eigenvalue weighted by Gasteiger charge is 2.56. The molecule has 4 aliphatic carbocycles. The zero-order valence-electron chi connectivity index (χ0n) is 14.1. The second kappa shape index (κ2) is 5.32. The number of hydrogen-bond acceptors (Lipinski definition) is 3. The van der Waals surface area contributed by atoms with Gasteiger partial charge >= 0.3 is 5.97 Å². The van der Waals surface area contributed by atoms with Crippen molar-refractivity contribution in [3.63, 3.8) is 0 Å². The normalized spacial score (nSPS) is 44.9. The third-order valence-electron chi connectivity index (χ3n) is 7.09. The first-order valence-electron chi connectivity index (χ1n) is 9.09. The van der Waals surface area contributed by atoms with Crippen LogP contribution in [-0.4, -0.2) is 17.9 Å². The zero-order chi connectivity index (χ0) is 16.2. The van der Waals surface area contributed by atoms with Gasteiger partial charge in [0, 0.05) is 18.8 Å². The molecule has 0 amide bonds. The first-order valence-corrected chi connectivity index (χ1v) is 9.09.